The van der Waals surface area contributed by atoms with Crippen molar-refractivity contribution in [2.75, 3.05) is 0 Å². The van der Waals surface area contributed by atoms with Crippen LogP contribution in [0.4, 0.5) is 0 Å². The van der Waals surface area contributed by atoms with Crippen molar-refractivity contribution in [2.24, 2.45) is 0 Å². The minimum absolute atomic E-state index is 0.238. The molecule has 124 valence electrons. The third-order valence-corrected chi connectivity index (χ3v) is 5.18. The Kier molecular flexibility index (Phi) is 5.79. The summed E-state index contributed by atoms with van der Waals surface area (Å²) in [4.78, 5) is 0. The van der Waals surface area contributed by atoms with Crippen LogP contribution in [0.25, 0.3) is 0 Å². The van der Waals surface area contributed by atoms with E-state index in [0.29, 0.717) is 11.1 Å². The van der Waals surface area contributed by atoms with Gasteiger partial charge < -0.3 is 0 Å². The summed E-state index contributed by atoms with van der Waals surface area (Å²) in [6.45, 7) is 4.23. The van der Waals surface area contributed by atoms with Gasteiger partial charge in [0.2, 0.25) is 7.59 Å². The van der Waals surface area contributed by atoms with Crippen molar-refractivity contribution in [1.29, 1.82) is 0 Å². The van der Waals surface area contributed by atoms with Crippen LogP contribution in [0.3, 0.4) is 0 Å². The van der Waals surface area contributed by atoms with Crippen molar-refractivity contribution in [1.82, 2.24) is 0 Å². The molecule has 0 unspecified atom stereocenters. The molecule has 0 nitrogen and oxygen atoms in total. The second kappa shape index (κ2) is 6.83. The molecule has 0 N–H and O–H groups in total. The molecule has 0 aliphatic rings. The van der Waals surface area contributed by atoms with E-state index in [9.17, 15) is 0 Å². The average Bonchev–Trinajstić information content (AvgIpc) is 2.46. The maximum Gasteiger partial charge on any atom is 0.216 e. The smallest absolute Gasteiger partial charge is 0.0784 e. The zero-order valence-electron chi connectivity index (χ0n) is 12.4. The highest BCUT2D eigenvalue weighted by molar-refractivity contribution is 6.67. The van der Waals surface area contributed by atoms with E-state index in [4.69, 9.17) is 69.6 Å². The molecule has 0 saturated carbocycles. The SMILES string of the molecule is CC(C)(c1ccc(C(Cl)(Cl)Cl)cc1)c1ccc(C(Cl)(Cl)Cl)cc1. The van der Waals surface area contributed by atoms with E-state index in [1.165, 1.54) is 0 Å². The molecule has 0 bridgehead atoms. The Balaban J connectivity index is 2.34. The van der Waals surface area contributed by atoms with Crippen LogP contribution in [-0.2, 0) is 13.0 Å². The minimum Gasteiger partial charge on any atom is -0.0784 e. The van der Waals surface area contributed by atoms with Crippen LogP contribution in [-0.4, -0.2) is 0 Å². The van der Waals surface area contributed by atoms with E-state index >= 15 is 0 Å². The molecule has 0 aliphatic carbocycles. The maximum absolute atomic E-state index is 5.90. The van der Waals surface area contributed by atoms with Crippen molar-refractivity contribution in [3.05, 3.63) is 70.8 Å². The van der Waals surface area contributed by atoms with Crippen molar-refractivity contribution >= 4 is 69.6 Å². The van der Waals surface area contributed by atoms with Crippen LogP contribution in [0.5, 0.6) is 0 Å². The molecule has 0 atom stereocenters. The number of hydrogen-bond donors (Lipinski definition) is 0. The Bertz CT molecular complexity index is 601. The van der Waals surface area contributed by atoms with Crippen molar-refractivity contribution in [3.63, 3.8) is 0 Å². The third-order valence-electron chi connectivity index (χ3n) is 3.87. The van der Waals surface area contributed by atoms with Crippen molar-refractivity contribution in [2.45, 2.75) is 26.8 Å². The van der Waals surface area contributed by atoms with Gasteiger partial charge in [0.1, 0.15) is 0 Å². The summed E-state index contributed by atoms with van der Waals surface area (Å²) in [7, 11) is 0. The van der Waals surface area contributed by atoms with E-state index in [2.05, 4.69) is 13.8 Å². The van der Waals surface area contributed by atoms with Crippen LogP contribution in [0.2, 0.25) is 0 Å². The fourth-order valence-corrected chi connectivity index (χ4v) is 3.07. The molecule has 0 radical (unpaired) electrons. The van der Waals surface area contributed by atoms with Gasteiger partial charge in [-0.25, -0.2) is 0 Å². The monoisotopic (exact) mass is 428 g/mol. The molecule has 2 aromatic carbocycles. The van der Waals surface area contributed by atoms with Gasteiger partial charge in [-0.1, -0.05) is 132 Å². The summed E-state index contributed by atoms with van der Waals surface area (Å²) < 4.78 is -2.84. The van der Waals surface area contributed by atoms with Gasteiger partial charge in [0.15, 0.2) is 0 Å². The Hall–Kier alpha value is 0.180. The maximum atomic E-state index is 5.90. The van der Waals surface area contributed by atoms with Gasteiger partial charge in [0.25, 0.3) is 0 Å². The fourth-order valence-electron chi connectivity index (χ4n) is 2.32. The van der Waals surface area contributed by atoms with E-state index in [1.54, 1.807) is 0 Å². The highest BCUT2D eigenvalue weighted by atomic mass is 35.6. The van der Waals surface area contributed by atoms with E-state index in [-0.39, 0.29) is 5.41 Å². The summed E-state index contributed by atoms with van der Waals surface area (Å²) >= 11 is 35.4. The summed E-state index contributed by atoms with van der Waals surface area (Å²) in [6, 6.07) is 15.1. The van der Waals surface area contributed by atoms with Gasteiger partial charge in [-0.05, 0) is 11.1 Å². The lowest BCUT2D eigenvalue weighted by atomic mass is 9.78. The molecule has 2 rings (SSSR count). The first-order valence-electron chi connectivity index (χ1n) is 6.78. The number of benzene rings is 2. The van der Waals surface area contributed by atoms with Crippen molar-refractivity contribution < 1.29 is 0 Å². The first-order valence-corrected chi connectivity index (χ1v) is 9.04. The highest BCUT2D eigenvalue weighted by Gasteiger charge is 2.28. The van der Waals surface area contributed by atoms with E-state index in [0.717, 1.165) is 11.1 Å². The molecule has 0 aromatic heterocycles. The highest BCUT2D eigenvalue weighted by Crippen LogP contribution is 2.41. The van der Waals surface area contributed by atoms with Crippen LogP contribution in [0, 0.1) is 0 Å². The standard InChI is InChI=1S/C17H14Cl6/c1-15(2,11-3-7-13(8-4-11)16(18,19)20)12-5-9-14(10-6-12)17(21,22)23/h3-10H,1-2H3. The van der Waals surface area contributed by atoms with Gasteiger partial charge in [0.05, 0.1) is 0 Å². The number of alkyl halides is 6. The molecular formula is C17H14Cl6. The first kappa shape index (κ1) is 19.5. The molecule has 0 spiro atoms. The van der Waals surface area contributed by atoms with Crippen molar-refractivity contribution in [3.8, 4) is 0 Å². The quantitative estimate of drug-likeness (QED) is 0.429. The lowest BCUT2D eigenvalue weighted by Gasteiger charge is -2.27. The Labute approximate surface area is 166 Å². The van der Waals surface area contributed by atoms with Crippen LogP contribution in [0.15, 0.2) is 48.5 Å². The van der Waals surface area contributed by atoms with E-state index < -0.39 is 7.59 Å². The van der Waals surface area contributed by atoms with E-state index in [1.807, 2.05) is 48.5 Å². The molecular weight excluding hydrogens is 417 g/mol. The Morgan fingerprint density at radius 2 is 0.696 bits per heavy atom. The Morgan fingerprint density at radius 3 is 0.913 bits per heavy atom. The normalized spacial score (nSPS) is 13.2. The summed E-state index contributed by atoms with van der Waals surface area (Å²) in [5.41, 5.74) is 3.22. The first-order chi connectivity index (χ1) is 10.4. The molecule has 0 fully saturated rings. The zero-order valence-corrected chi connectivity index (χ0v) is 16.9. The lowest BCUT2D eigenvalue weighted by molar-refractivity contribution is 0.640. The third kappa shape index (κ3) is 4.63. The Morgan fingerprint density at radius 1 is 0.478 bits per heavy atom. The summed E-state index contributed by atoms with van der Waals surface area (Å²) in [6.07, 6.45) is 0. The van der Waals surface area contributed by atoms with Gasteiger partial charge in [-0.15, -0.1) is 0 Å². The topological polar surface area (TPSA) is 0 Å². The molecule has 0 aliphatic heterocycles. The molecule has 2 aromatic rings. The molecule has 0 amide bonds. The number of halogens is 6. The molecule has 0 heterocycles. The molecule has 6 heteroatoms. The average molecular weight is 431 g/mol. The number of hydrogen-bond acceptors (Lipinski definition) is 0. The number of rotatable bonds is 2. The summed E-state index contributed by atoms with van der Waals surface area (Å²) in [5, 5.41) is 0. The van der Waals surface area contributed by atoms with Gasteiger partial charge in [0, 0.05) is 16.5 Å². The molecule has 23 heavy (non-hydrogen) atoms. The van der Waals surface area contributed by atoms with Gasteiger partial charge >= 0.3 is 0 Å². The summed E-state index contributed by atoms with van der Waals surface area (Å²) in [5.74, 6) is 0. The zero-order chi connectivity index (χ0) is 17.5. The van der Waals surface area contributed by atoms with Gasteiger partial charge in [-0.3, -0.25) is 0 Å². The largest absolute Gasteiger partial charge is 0.216 e. The lowest BCUT2D eigenvalue weighted by Crippen LogP contribution is -2.19. The predicted octanol–water partition coefficient (Wildman–Crippen LogP) is 7.67. The fraction of sp³-hybridized carbons (Fsp3) is 0.294. The van der Waals surface area contributed by atoms with Crippen LogP contribution < -0.4 is 0 Å². The molecule has 0 saturated heterocycles. The van der Waals surface area contributed by atoms with Gasteiger partial charge in [-0.2, -0.15) is 0 Å². The second-order valence-corrected chi connectivity index (χ2v) is 10.3. The van der Waals surface area contributed by atoms with Crippen LogP contribution >= 0.6 is 69.6 Å². The predicted molar refractivity (Wildman–Crippen MR) is 103 cm³/mol. The minimum atomic E-state index is -1.42. The van der Waals surface area contributed by atoms with Crippen LogP contribution in [0.1, 0.15) is 36.1 Å². The second-order valence-electron chi connectivity index (χ2n) is 5.78.